The highest BCUT2D eigenvalue weighted by Crippen LogP contribution is 2.23. The zero-order chi connectivity index (χ0) is 13.4. The first-order chi connectivity index (χ1) is 8.65. The first-order valence-corrected chi connectivity index (χ1v) is 6.42. The molecule has 0 saturated carbocycles. The van der Waals surface area contributed by atoms with Gasteiger partial charge in [0, 0.05) is 13.6 Å². The minimum Gasteiger partial charge on any atom is -0.492 e. The van der Waals surface area contributed by atoms with Gasteiger partial charge >= 0.3 is 0 Å². The van der Waals surface area contributed by atoms with Crippen molar-refractivity contribution in [3.05, 3.63) is 28.7 Å². The number of halogens is 1. The van der Waals surface area contributed by atoms with Crippen molar-refractivity contribution in [2.24, 2.45) is 0 Å². The summed E-state index contributed by atoms with van der Waals surface area (Å²) in [5.74, 6) is 0.710. The summed E-state index contributed by atoms with van der Waals surface area (Å²) in [6.07, 6.45) is 0.663. The summed E-state index contributed by atoms with van der Waals surface area (Å²) in [6, 6.07) is 9.51. The van der Waals surface area contributed by atoms with Crippen LogP contribution in [0.3, 0.4) is 0 Å². The van der Waals surface area contributed by atoms with Crippen molar-refractivity contribution < 1.29 is 9.53 Å². The van der Waals surface area contributed by atoms with Crippen LogP contribution in [0.1, 0.15) is 12.8 Å². The molecule has 1 aromatic rings. The Kier molecular flexibility index (Phi) is 6.23. The largest absolute Gasteiger partial charge is 0.492 e. The van der Waals surface area contributed by atoms with E-state index in [-0.39, 0.29) is 5.91 Å². The van der Waals surface area contributed by atoms with Gasteiger partial charge in [-0.1, -0.05) is 12.1 Å². The second kappa shape index (κ2) is 7.72. The zero-order valence-corrected chi connectivity index (χ0v) is 11.8. The Morgan fingerprint density at radius 1 is 1.50 bits per heavy atom. The molecule has 1 amide bonds. The van der Waals surface area contributed by atoms with Crippen LogP contribution in [0.25, 0.3) is 0 Å². The number of para-hydroxylation sites is 1. The maximum atomic E-state index is 11.6. The topological polar surface area (TPSA) is 53.3 Å². The molecule has 0 aliphatic heterocycles. The first kappa shape index (κ1) is 14.5. The normalized spacial score (nSPS) is 9.61. The lowest BCUT2D eigenvalue weighted by atomic mass is 10.3. The van der Waals surface area contributed by atoms with Crippen LogP contribution in [0, 0.1) is 11.3 Å². The van der Waals surface area contributed by atoms with E-state index in [1.54, 1.807) is 11.9 Å². The summed E-state index contributed by atoms with van der Waals surface area (Å²) < 4.78 is 6.37. The van der Waals surface area contributed by atoms with Crippen molar-refractivity contribution in [2.45, 2.75) is 12.8 Å². The van der Waals surface area contributed by atoms with E-state index in [1.807, 2.05) is 30.3 Å². The Hall–Kier alpha value is -1.54. The third-order valence-electron chi connectivity index (χ3n) is 2.39. The minimum absolute atomic E-state index is 0.0164. The number of nitriles is 1. The molecule has 0 atom stereocenters. The average Bonchev–Trinajstić information content (AvgIpc) is 2.38. The maximum Gasteiger partial charge on any atom is 0.225 e. The molecule has 0 aromatic heterocycles. The molecule has 0 radical (unpaired) electrons. The van der Waals surface area contributed by atoms with Gasteiger partial charge in [0.25, 0.3) is 0 Å². The molecular weight excluding hydrogens is 296 g/mol. The molecule has 1 aromatic carbocycles. The number of hydrogen-bond acceptors (Lipinski definition) is 3. The third-order valence-corrected chi connectivity index (χ3v) is 3.05. The highest BCUT2D eigenvalue weighted by atomic mass is 79.9. The van der Waals surface area contributed by atoms with Crippen molar-refractivity contribution in [3.63, 3.8) is 0 Å². The number of carbonyl (C=O) groups is 1. The fraction of sp³-hybridized carbons (Fsp3) is 0.385. The average molecular weight is 311 g/mol. The van der Waals surface area contributed by atoms with E-state index < -0.39 is 0 Å². The van der Waals surface area contributed by atoms with E-state index >= 15 is 0 Å². The second-order valence-corrected chi connectivity index (χ2v) is 4.61. The van der Waals surface area contributed by atoms with E-state index in [1.165, 1.54) is 0 Å². The van der Waals surface area contributed by atoms with E-state index in [0.29, 0.717) is 26.0 Å². The molecular formula is C13H15BrN2O2. The highest BCUT2D eigenvalue weighted by Gasteiger charge is 2.08. The molecule has 5 heteroatoms. The van der Waals surface area contributed by atoms with Crippen LogP contribution < -0.4 is 4.74 Å². The van der Waals surface area contributed by atoms with Crippen LogP contribution >= 0.6 is 15.9 Å². The van der Waals surface area contributed by atoms with Crippen LogP contribution in [0.2, 0.25) is 0 Å². The first-order valence-electron chi connectivity index (χ1n) is 5.63. The van der Waals surface area contributed by atoms with Crippen molar-refractivity contribution in [3.8, 4) is 11.8 Å². The van der Waals surface area contributed by atoms with Gasteiger partial charge in [-0.15, -0.1) is 0 Å². The fourth-order valence-electron chi connectivity index (χ4n) is 1.34. The Balaban J connectivity index is 2.32. The van der Waals surface area contributed by atoms with E-state index in [0.717, 1.165) is 10.2 Å². The molecule has 0 aliphatic rings. The summed E-state index contributed by atoms with van der Waals surface area (Å²) in [5, 5.41) is 8.43. The third kappa shape index (κ3) is 4.76. The fourth-order valence-corrected chi connectivity index (χ4v) is 1.74. The number of rotatable bonds is 6. The molecule has 0 spiro atoms. The Morgan fingerprint density at radius 3 is 2.89 bits per heavy atom. The smallest absolute Gasteiger partial charge is 0.225 e. The lowest BCUT2D eigenvalue weighted by Gasteiger charge is -2.15. The molecule has 0 saturated heterocycles. The Labute approximate surface area is 115 Å². The van der Waals surface area contributed by atoms with Crippen LogP contribution in [0.4, 0.5) is 0 Å². The molecule has 0 N–H and O–H groups in total. The second-order valence-electron chi connectivity index (χ2n) is 3.75. The molecule has 96 valence electrons. The molecule has 0 unspecified atom stereocenters. The van der Waals surface area contributed by atoms with Gasteiger partial charge in [0.05, 0.1) is 30.0 Å². The summed E-state index contributed by atoms with van der Waals surface area (Å²) in [7, 11) is 1.69. The van der Waals surface area contributed by atoms with Gasteiger partial charge in [-0.25, -0.2) is 0 Å². The van der Waals surface area contributed by atoms with Gasteiger partial charge in [0.15, 0.2) is 0 Å². The molecule has 1 rings (SSSR count). The van der Waals surface area contributed by atoms with Crippen LogP contribution in [-0.4, -0.2) is 31.0 Å². The van der Waals surface area contributed by atoms with Gasteiger partial charge in [-0.2, -0.15) is 5.26 Å². The number of benzene rings is 1. The molecule has 0 heterocycles. The van der Waals surface area contributed by atoms with Gasteiger partial charge in [-0.3, -0.25) is 4.79 Å². The quantitative estimate of drug-likeness (QED) is 0.811. The number of amides is 1. The summed E-state index contributed by atoms with van der Waals surface area (Å²) in [5.41, 5.74) is 0. The van der Waals surface area contributed by atoms with Crippen molar-refractivity contribution >= 4 is 21.8 Å². The molecule has 4 nitrogen and oxygen atoms in total. The molecule has 0 fully saturated rings. The van der Waals surface area contributed by atoms with Gasteiger partial charge in [-0.05, 0) is 28.1 Å². The SMILES string of the molecule is CN(CCC#N)C(=O)CCOc1ccccc1Br. The van der Waals surface area contributed by atoms with E-state index in [4.69, 9.17) is 10.00 Å². The van der Waals surface area contributed by atoms with E-state index in [9.17, 15) is 4.79 Å². The lowest BCUT2D eigenvalue weighted by Crippen LogP contribution is -2.28. The Morgan fingerprint density at radius 2 is 2.22 bits per heavy atom. The van der Waals surface area contributed by atoms with Gasteiger partial charge in [0.1, 0.15) is 5.75 Å². The van der Waals surface area contributed by atoms with Gasteiger partial charge < -0.3 is 9.64 Å². The van der Waals surface area contributed by atoms with Crippen molar-refractivity contribution in [2.75, 3.05) is 20.2 Å². The zero-order valence-electron chi connectivity index (χ0n) is 10.2. The predicted molar refractivity (Wildman–Crippen MR) is 72.1 cm³/mol. The van der Waals surface area contributed by atoms with Crippen molar-refractivity contribution in [1.29, 1.82) is 5.26 Å². The summed E-state index contributed by atoms with van der Waals surface area (Å²) in [4.78, 5) is 13.2. The molecule has 0 aliphatic carbocycles. The number of ether oxygens (including phenoxy) is 1. The number of carbonyl (C=O) groups excluding carboxylic acids is 1. The Bertz CT molecular complexity index is 443. The number of nitrogens with zero attached hydrogens (tertiary/aromatic N) is 2. The van der Waals surface area contributed by atoms with Crippen LogP contribution in [0.15, 0.2) is 28.7 Å². The van der Waals surface area contributed by atoms with E-state index in [2.05, 4.69) is 15.9 Å². The highest BCUT2D eigenvalue weighted by molar-refractivity contribution is 9.10. The molecule has 18 heavy (non-hydrogen) atoms. The summed E-state index contributed by atoms with van der Waals surface area (Å²) in [6.45, 7) is 0.794. The minimum atomic E-state index is -0.0164. The van der Waals surface area contributed by atoms with Crippen molar-refractivity contribution in [1.82, 2.24) is 4.90 Å². The maximum absolute atomic E-state index is 11.6. The van der Waals surface area contributed by atoms with Gasteiger partial charge in [0.2, 0.25) is 5.91 Å². The van der Waals surface area contributed by atoms with Crippen LogP contribution in [-0.2, 0) is 4.79 Å². The standard InChI is InChI=1S/C13H15BrN2O2/c1-16(9-4-8-15)13(17)7-10-18-12-6-3-2-5-11(12)14/h2-3,5-6H,4,7,9-10H2,1H3. The predicted octanol–water partition coefficient (Wildman–Crippen LogP) is 2.59. The lowest BCUT2D eigenvalue weighted by molar-refractivity contribution is -0.130. The monoisotopic (exact) mass is 310 g/mol. The van der Waals surface area contributed by atoms with Crippen LogP contribution in [0.5, 0.6) is 5.75 Å². The molecule has 0 bridgehead atoms. The number of hydrogen-bond donors (Lipinski definition) is 0. The summed E-state index contributed by atoms with van der Waals surface area (Å²) >= 11 is 3.37.